The van der Waals surface area contributed by atoms with Crippen molar-refractivity contribution in [2.45, 2.75) is 46.7 Å². The Morgan fingerprint density at radius 1 is 1.35 bits per heavy atom. The van der Waals surface area contributed by atoms with Crippen LogP contribution in [0.25, 0.3) is 4.96 Å². The lowest BCUT2D eigenvalue weighted by Gasteiger charge is -2.20. The fraction of sp³-hybridized carbons (Fsp3) is 0.667. The lowest BCUT2D eigenvalue weighted by molar-refractivity contribution is 0.571. The summed E-state index contributed by atoms with van der Waals surface area (Å²) in [6.07, 6.45) is 3.31. The lowest BCUT2D eigenvalue weighted by Crippen LogP contribution is -2.26. The molecule has 20 heavy (non-hydrogen) atoms. The van der Waals surface area contributed by atoms with E-state index in [0.717, 1.165) is 29.8 Å². The van der Waals surface area contributed by atoms with E-state index in [1.54, 1.807) is 11.3 Å². The number of imidazole rings is 1. The number of aromatic nitrogens is 2. The summed E-state index contributed by atoms with van der Waals surface area (Å²) in [6.45, 7) is 10.8. The first-order valence-electron chi connectivity index (χ1n) is 7.38. The highest BCUT2D eigenvalue weighted by Crippen LogP contribution is 2.24. The Labute approximate surface area is 125 Å². The highest BCUT2D eigenvalue weighted by Gasteiger charge is 2.16. The van der Waals surface area contributed by atoms with Gasteiger partial charge in [0.1, 0.15) is 0 Å². The summed E-state index contributed by atoms with van der Waals surface area (Å²) in [5.74, 6) is 1.84. The molecule has 0 saturated carbocycles. The highest BCUT2D eigenvalue weighted by molar-refractivity contribution is 7.15. The number of fused-ring (bicyclic) bond motifs is 1. The monoisotopic (exact) mass is 294 g/mol. The molecule has 0 spiro atoms. The lowest BCUT2D eigenvalue weighted by atomic mass is 10.1. The Morgan fingerprint density at radius 3 is 2.75 bits per heavy atom. The van der Waals surface area contributed by atoms with Crippen LogP contribution in [0, 0.1) is 5.92 Å². The zero-order valence-corrected chi connectivity index (χ0v) is 14.0. The molecule has 0 bridgehead atoms. The molecule has 0 unspecified atom stereocenters. The molecule has 2 rings (SSSR count). The van der Waals surface area contributed by atoms with Crippen LogP contribution in [0.2, 0.25) is 0 Å². The van der Waals surface area contributed by atoms with Gasteiger partial charge in [0.25, 0.3) is 0 Å². The Morgan fingerprint density at radius 2 is 2.10 bits per heavy atom. The van der Waals surface area contributed by atoms with Gasteiger partial charge in [-0.15, -0.1) is 11.3 Å². The fourth-order valence-electron chi connectivity index (χ4n) is 2.15. The Hall–Kier alpha value is -1.07. The van der Waals surface area contributed by atoms with E-state index < -0.39 is 0 Å². The van der Waals surface area contributed by atoms with Crippen molar-refractivity contribution in [2.75, 3.05) is 18.5 Å². The quantitative estimate of drug-likeness (QED) is 0.850. The molecule has 0 aliphatic rings. The van der Waals surface area contributed by atoms with Gasteiger partial charge in [-0.1, -0.05) is 27.7 Å². The van der Waals surface area contributed by atoms with Crippen molar-refractivity contribution in [1.82, 2.24) is 14.7 Å². The standard InChI is InChI=1S/C15H26N4S/c1-11(2)6-7-18(5)14-13(10-16-12(3)4)19-8-9-20-15(19)17-14/h8-9,11-12,16H,6-7,10H2,1-5H3. The van der Waals surface area contributed by atoms with Crippen LogP contribution in [0.4, 0.5) is 5.82 Å². The number of hydrogen-bond acceptors (Lipinski definition) is 4. The van der Waals surface area contributed by atoms with E-state index in [-0.39, 0.29) is 0 Å². The molecule has 0 amide bonds. The number of thiazole rings is 1. The van der Waals surface area contributed by atoms with Gasteiger partial charge in [-0.3, -0.25) is 4.40 Å². The van der Waals surface area contributed by atoms with Crippen LogP contribution in [-0.2, 0) is 6.54 Å². The van der Waals surface area contributed by atoms with Crippen LogP contribution in [0.3, 0.4) is 0 Å². The maximum absolute atomic E-state index is 4.80. The van der Waals surface area contributed by atoms with E-state index >= 15 is 0 Å². The molecule has 0 radical (unpaired) electrons. The number of hydrogen-bond donors (Lipinski definition) is 1. The minimum Gasteiger partial charge on any atom is -0.358 e. The van der Waals surface area contributed by atoms with Crippen LogP contribution in [0.15, 0.2) is 11.6 Å². The van der Waals surface area contributed by atoms with Gasteiger partial charge >= 0.3 is 0 Å². The number of anilines is 1. The molecule has 0 aliphatic heterocycles. The van der Waals surface area contributed by atoms with Crippen LogP contribution in [-0.4, -0.2) is 29.0 Å². The van der Waals surface area contributed by atoms with Gasteiger partial charge in [0, 0.05) is 37.8 Å². The zero-order chi connectivity index (χ0) is 14.7. The highest BCUT2D eigenvalue weighted by atomic mass is 32.1. The Kier molecular flexibility index (Phi) is 5.05. The van der Waals surface area contributed by atoms with Crippen molar-refractivity contribution in [3.63, 3.8) is 0 Å². The first-order valence-corrected chi connectivity index (χ1v) is 8.26. The van der Waals surface area contributed by atoms with E-state index in [1.807, 2.05) is 0 Å². The van der Waals surface area contributed by atoms with Crippen molar-refractivity contribution in [3.05, 3.63) is 17.3 Å². The SMILES string of the molecule is CC(C)CCN(C)c1nc2sccn2c1CNC(C)C. The average molecular weight is 294 g/mol. The van der Waals surface area contributed by atoms with Gasteiger partial charge in [0.15, 0.2) is 10.8 Å². The number of nitrogens with one attached hydrogen (secondary N) is 1. The first kappa shape index (κ1) is 15.3. The molecule has 0 aliphatic carbocycles. The average Bonchev–Trinajstić information content (AvgIpc) is 2.93. The second-order valence-electron chi connectivity index (χ2n) is 6.08. The second-order valence-corrected chi connectivity index (χ2v) is 6.95. The van der Waals surface area contributed by atoms with Crippen molar-refractivity contribution < 1.29 is 0 Å². The largest absolute Gasteiger partial charge is 0.358 e. The second kappa shape index (κ2) is 6.59. The smallest absolute Gasteiger partial charge is 0.195 e. The molecular formula is C15H26N4S. The molecule has 4 nitrogen and oxygen atoms in total. The third-order valence-electron chi connectivity index (χ3n) is 3.42. The molecule has 5 heteroatoms. The van der Waals surface area contributed by atoms with E-state index in [4.69, 9.17) is 4.98 Å². The van der Waals surface area contributed by atoms with Crippen LogP contribution in [0.1, 0.15) is 39.8 Å². The summed E-state index contributed by atoms with van der Waals surface area (Å²) >= 11 is 1.70. The third kappa shape index (κ3) is 3.52. The molecule has 2 aromatic rings. The van der Waals surface area contributed by atoms with Gasteiger partial charge in [-0.2, -0.15) is 0 Å². The van der Waals surface area contributed by atoms with Gasteiger partial charge < -0.3 is 10.2 Å². The van der Waals surface area contributed by atoms with Crippen molar-refractivity contribution in [2.24, 2.45) is 5.92 Å². The molecule has 0 atom stereocenters. The van der Waals surface area contributed by atoms with E-state index in [2.05, 4.69) is 60.9 Å². The molecular weight excluding hydrogens is 268 g/mol. The van der Waals surface area contributed by atoms with Crippen LogP contribution >= 0.6 is 11.3 Å². The number of rotatable bonds is 7. The molecule has 112 valence electrons. The molecule has 2 heterocycles. The van der Waals surface area contributed by atoms with Gasteiger partial charge in [-0.05, 0) is 12.3 Å². The van der Waals surface area contributed by atoms with Crippen molar-refractivity contribution >= 4 is 22.1 Å². The maximum Gasteiger partial charge on any atom is 0.195 e. The maximum atomic E-state index is 4.80. The fourth-order valence-corrected chi connectivity index (χ4v) is 2.88. The van der Waals surface area contributed by atoms with Crippen LogP contribution < -0.4 is 10.2 Å². The van der Waals surface area contributed by atoms with Gasteiger partial charge in [0.2, 0.25) is 0 Å². The molecule has 0 aromatic carbocycles. The first-order chi connectivity index (χ1) is 9.49. The summed E-state index contributed by atoms with van der Waals surface area (Å²) < 4.78 is 2.21. The normalized spacial score (nSPS) is 11.9. The van der Waals surface area contributed by atoms with Gasteiger partial charge in [-0.25, -0.2) is 4.98 Å². The molecule has 1 N–H and O–H groups in total. The number of nitrogens with zero attached hydrogens (tertiary/aromatic N) is 3. The molecule has 0 saturated heterocycles. The summed E-state index contributed by atoms with van der Waals surface area (Å²) in [5, 5.41) is 5.60. The minimum atomic E-state index is 0.480. The zero-order valence-electron chi connectivity index (χ0n) is 13.2. The Bertz CT molecular complexity index is 541. The Balaban J connectivity index is 2.21. The predicted octanol–water partition coefficient (Wildman–Crippen LogP) is 3.38. The van der Waals surface area contributed by atoms with Crippen molar-refractivity contribution in [1.29, 1.82) is 0 Å². The van der Waals surface area contributed by atoms with E-state index in [1.165, 1.54) is 12.1 Å². The predicted molar refractivity (Wildman–Crippen MR) is 87.8 cm³/mol. The molecule has 2 aromatic heterocycles. The minimum absolute atomic E-state index is 0.480. The topological polar surface area (TPSA) is 32.6 Å². The van der Waals surface area contributed by atoms with Crippen LogP contribution in [0.5, 0.6) is 0 Å². The molecule has 0 fully saturated rings. The summed E-state index contributed by atoms with van der Waals surface area (Å²) in [4.78, 5) is 8.17. The summed E-state index contributed by atoms with van der Waals surface area (Å²) in [5.41, 5.74) is 1.27. The third-order valence-corrected chi connectivity index (χ3v) is 4.18. The van der Waals surface area contributed by atoms with Crippen molar-refractivity contribution in [3.8, 4) is 0 Å². The van der Waals surface area contributed by atoms with E-state index in [9.17, 15) is 0 Å². The van der Waals surface area contributed by atoms with E-state index in [0.29, 0.717) is 6.04 Å². The summed E-state index contributed by atoms with van der Waals surface area (Å²) in [7, 11) is 2.15. The summed E-state index contributed by atoms with van der Waals surface area (Å²) in [6, 6.07) is 0.480. The van der Waals surface area contributed by atoms with Gasteiger partial charge in [0.05, 0.1) is 5.69 Å².